The summed E-state index contributed by atoms with van der Waals surface area (Å²) in [5.74, 6) is 0.0214. The monoisotopic (exact) mass is 223 g/mol. The molecule has 2 aliphatic rings. The molecule has 1 aliphatic heterocycles. The van der Waals surface area contributed by atoms with Gasteiger partial charge in [-0.15, -0.1) is 6.58 Å². The minimum atomic E-state index is -0.279. The van der Waals surface area contributed by atoms with Crippen molar-refractivity contribution in [3.63, 3.8) is 0 Å². The molecule has 0 radical (unpaired) electrons. The van der Waals surface area contributed by atoms with Crippen LogP contribution in [0.15, 0.2) is 12.7 Å². The fourth-order valence-corrected chi connectivity index (χ4v) is 1.89. The lowest BCUT2D eigenvalue weighted by atomic mass is 10.2. The van der Waals surface area contributed by atoms with Gasteiger partial charge in [0.1, 0.15) is 6.04 Å². The first-order valence-electron chi connectivity index (χ1n) is 5.64. The van der Waals surface area contributed by atoms with E-state index < -0.39 is 0 Å². The summed E-state index contributed by atoms with van der Waals surface area (Å²) in [5, 5.41) is 5.65. The van der Waals surface area contributed by atoms with Crippen LogP contribution < -0.4 is 10.6 Å². The zero-order valence-corrected chi connectivity index (χ0v) is 9.24. The largest absolute Gasteiger partial charge is 0.353 e. The van der Waals surface area contributed by atoms with E-state index in [-0.39, 0.29) is 24.4 Å². The minimum absolute atomic E-state index is 0.0502. The second-order valence-electron chi connectivity index (χ2n) is 4.25. The van der Waals surface area contributed by atoms with E-state index in [0.29, 0.717) is 19.1 Å². The Morgan fingerprint density at radius 2 is 2.31 bits per heavy atom. The molecule has 1 unspecified atom stereocenters. The molecule has 0 spiro atoms. The van der Waals surface area contributed by atoms with Crippen molar-refractivity contribution < 1.29 is 9.59 Å². The lowest BCUT2D eigenvalue weighted by Crippen LogP contribution is -2.59. The molecule has 2 N–H and O–H groups in total. The van der Waals surface area contributed by atoms with E-state index in [1.807, 2.05) is 4.90 Å². The van der Waals surface area contributed by atoms with Gasteiger partial charge in [0.2, 0.25) is 11.8 Å². The van der Waals surface area contributed by atoms with Crippen LogP contribution in [0.2, 0.25) is 0 Å². The third-order valence-electron chi connectivity index (χ3n) is 2.91. The Hall–Kier alpha value is -1.36. The second-order valence-corrected chi connectivity index (χ2v) is 4.25. The molecule has 1 aliphatic carbocycles. The molecule has 0 aromatic heterocycles. The van der Waals surface area contributed by atoms with E-state index in [1.54, 1.807) is 6.08 Å². The Bertz CT molecular complexity index is 302. The number of carbonyl (C=O) groups is 2. The van der Waals surface area contributed by atoms with E-state index in [4.69, 9.17) is 0 Å². The maximum Gasteiger partial charge on any atom is 0.242 e. The predicted octanol–water partition coefficient (Wildman–Crippen LogP) is -0.749. The molecule has 2 rings (SSSR count). The first-order valence-corrected chi connectivity index (χ1v) is 5.64. The van der Waals surface area contributed by atoms with E-state index >= 15 is 0 Å². The van der Waals surface area contributed by atoms with Crippen LogP contribution in [0.3, 0.4) is 0 Å². The topological polar surface area (TPSA) is 61.4 Å². The van der Waals surface area contributed by atoms with Gasteiger partial charge < -0.3 is 10.2 Å². The summed E-state index contributed by atoms with van der Waals surface area (Å²) in [5.41, 5.74) is 0. The number of amides is 2. The summed E-state index contributed by atoms with van der Waals surface area (Å²) in [4.78, 5) is 24.9. The fourth-order valence-electron chi connectivity index (χ4n) is 1.89. The molecule has 1 saturated carbocycles. The van der Waals surface area contributed by atoms with Gasteiger partial charge in [-0.3, -0.25) is 14.9 Å². The van der Waals surface area contributed by atoms with Crippen molar-refractivity contribution in [2.24, 2.45) is 0 Å². The Kier molecular flexibility index (Phi) is 3.24. The second kappa shape index (κ2) is 4.65. The third kappa shape index (κ3) is 2.41. The third-order valence-corrected chi connectivity index (χ3v) is 2.91. The van der Waals surface area contributed by atoms with E-state index in [9.17, 15) is 9.59 Å². The minimum Gasteiger partial charge on any atom is -0.353 e. The normalized spacial score (nSPS) is 24.8. The number of hydrogen-bond donors (Lipinski definition) is 2. The van der Waals surface area contributed by atoms with Crippen LogP contribution in [0, 0.1) is 0 Å². The molecular weight excluding hydrogens is 206 g/mol. The average molecular weight is 223 g/mol. The van der Waals surface area contributed by atoms with Gasteiger partial charge in [-0.1, -0.05) is 6.08 Å². The maximum atomic E-state index is 12.1. The highest BCUT2D eigenvalue weighted by Gasteiger charge is 2.36. The highest BCUT2D eigenvalue weighted by Crippen LogP contribution is 2.27. The van der Waals surface area contributed by atoms with E-state index in [0.717, 1.165) is 12.8 Å². The summed E-state index contributed by atoms with van der Waals surface area (Å²) in [6, 6.07) is 0.100. The van der Waals surface area contributed by atoms with Crippen molar-refractivity contribution in [2.75, 3.05) is 19.6 Å². The number of nitrogens with one attached hydrogen (secondary N) is 2. The molecule has 1 atom stereocenters. The quantitative estimate of drug-likeness (QED) is 0.617. The number of nitrogens with zero attached hydrogens (tertiary/aromatic N) is 1. The molecule has 1 heterocycles. The van der Waals surface area contributed by atoms with Crippen LogP contribution in [0.25, 0.3) is 0 Å². The molecule has 88 valence electrons. The van der Waals surface area contributed by atoms with Gasteiger partial charge in [0.05, 0.1) is 6.54 Å². The van der Waals surface area contributed by atoms with Crippen LogP contribution in [0.5, 0.6) is 0 Å². The van der Waals surface area contributed by atoms with Crippen LogP contribution in [-0.4, -0.2) is 48.4 Å². The molecule has 0 aromatic rings. The Morgan fingerprint density at radius 3 is 2.81 bits per heavy atom. The standard InChI is InChI=1S/C11H17N3O2/c1-2-5-14(8-3-4-8)11(16)9-6-13-10(15)7-12-9/h2,8-9,12H,1,3-7H2,(H,13,15). The van der Waals surface area contributed by atoms with Crippen molar-refractivity contribution >= 4 is 11.8 Å². The van der Waals surface area contributed by atoms with Crippen LogP contribution in [0.4, 0.5) is 0 Å². The van der Waals surface area contributed by atoms with Crippen molar-refractivity contribution in [2.45, 2.75) is 24.9 Å². The van der Waals surface area contributed by atoms with Gasteiger partial charge in [0.25, 0.3) is 0 Å². The highest BCUT2D eigenvalue weighted by atomic mass is 16.2. The van der Waals surface area contributed by atoms with Crippen molar-refractivity contribution in [1.82, 2.24) is 15.5 Å². The van der Waals surface area contributed by atoms with Gasteiger partial charge in [0.15, 0.2) is 0 Å². The van der Waals surface area contributed by atoms with Crippen LogP contribution >= 0.6 is 0 Å². The number of carbonyl (C=O) groups excluding carboxylic acids is 2. The zero-order valence-electron chi connectivity index (χ0n) is 9.24. The zero-order chi connectivity index (χ0) is 11.5. The maximum absolute atomic E-state index is 12.1. The molecular formula is C11H17N3O2. The number of hydrogen-bond acceptors (Lipinski definition) is 3. The smallest absolute Gasteiger partial charge is 0.242 e. The van der Waals surface area contributed by atoms with Gasteiger partial charge in [-0.25, -0.2) is 0 Å². The molecule has 2 amide bonds. The number of rotatable bonds is 4. The Balaban J connectivity index is 1.93. The average Bonchev–Trinajstić information content (AvgIpc) is 3.10. The molecule has 16 heavy (non-hydrogen) atoms. The summed E-state index contributed by atoms with van der Waals surface area (Å²) in [7, 11) is 0. The summed E-state index contributed by atoms with van der Waals surface area (Å²) >= 11 is 0. The molecule has 5 heteroatoms. The van der Waals surface area contributed by atoms with Gasteiger partial charge in [0, 0.05) is 19.1 Å². The van der Waals surface area contributed by atoms with E-state index in [1.165, 1.54) is 0 Å². The summed E-state index contributed by atoms with van der Waals surface area (Å²) in [6.45, 7) is 4.87. The molecule has 0 bridgehead atoms. The summed E-state index contributed by atoms with van der Waals surface area (Å²) in [6.07, 6.45) is 3.91. The predicted molar refractivity (Wildman–Crippen MR) is 59.7 cm³/mol. The van der Waals surface area contributed by atoms with Crippen LogP contribution in [-0.2, 0) is 9.59 Å². The highest BCUT2D eigenvalue weighted by molar-refractivity contribution is 5.87. The van der Waals surface area contributed by atoms with Gasteiger partial charge in [-0.2, -0.15) is 0 Å². The van der Waals surface area contributed by atoms with Crippen molar-refractivity contribution in [1.29, 1.82) is 0 Å². The number of piperazine rings is 1. The van der Waals surface area contributed by atoms with E-state index in [2.05, 4.69) is 17.2 Å². The lowest BCUT2D eigenvalue weighted by Gasteiger charge is -2.29. The molecule has 1 saturated heterocycles. The fraction of sp³-hybridized carbons (Fsp3) is 0.636. The lowest BCUT2D eigenvalue weighted by molar-refractivity contribution is -0.134. The van der Waals surface area contributed by atoms with Gasteiger partial charge in [-0.05, 0) is 12.8 Å². The molecule has 0 aromatic carbocycles. The van der Waals surface area contributed by atoms with Gasteiger partial charge >= 0.3 is 0 Å². The van der Waals surface area contributed by atoms with Crippen molar-refractivity contribution in [3.05, 3.63) is 12.7 Å². The SMILES string of the molecule is C=CCN(C(=O)C1CNC(=O)CN1)C1CC1. The first kappa shape index (κ1) is 11.1. The summed E-state index contributed by atoms with van der Waals surface area (Å²) < 4.78 is 0. The Labute approximate surface area is 94.9 Å². The first-order chi connectivity index (χ1) is 7.72. The van der Waals surface area contributed by atoms with Crippen LogP contribution in [0.1, 0.15) is 12.8 Å². The molecule has 2 fully saturated rings. The van der Waals surface area contributed by atoms with Crippen molar-refractivity contribution in [3.8, 4) is 0 Å². The Morgan fingerprint density at radius 1 is 1.56 bits per heavy atom. The molecule has 5 nitrogen and oxygen atoms in total.